The van der Waals surface area contributed by atoms with E-state index in [1.165, 1.54) is 17.7 Å². The Labute approximate surface area is 113 Å². The maximum Gasteiger partial charge on any atom is 0.220 e. The van der Waals surface area contributed by atoms with Crippen LogP contribution in [0.25, 0.3) is 0 Å². The van der Waals surface area contributed by atoms with Gasteiger partial charge in [-0.3, -0.25) is 4.79 Å². The molecule has 4 heteroatoms. The number of hydrogen-bond acceptors (Lipinski definition) is 3. The highest BCUT2D eigenvalue weighted by Gasteiger charge is 2.15. The summed E-state index contributed by atoms with van der Waals surface area (Å²) in [6.07, 6.45) is 4.18. The molecule has 100 valence electrons. The quantitative estimate of drug-likeness (QED) is 0.860. The molecule has 0 aromatic carbocycles. The summed E-state index contributed by atoms with van der Waals surface area (Å²) in [7, 11) is 0. The molecule has 2 rings (SSSR count). The highest BCUT2D eigenvalue weighted by Crippen LogP contribution is 2.19. The van der Waals surface area contributed by atoms with Crippen molar-refractivity contribution in [2.75, 3.05) is 13.1 Å². The molecule has 1 fully saturated rings. The zero-order valence-corrected chi connectivity index (χ0v) is 11.8. The molecule has 2 N–H and O–H groups in total. The second kappa shape index (κ2) is 6.90. The van der Waals surface area contributed by atoms with Crippen LogP contribution in [0.2, 0.25) is 0 Å². The van der Waals surface area contributed by atoms with Gasteiger partial charge in [-0.2, -0.15) is 0 Å². The number of nitrogens with one attached hydrogen (secondary N) is 2. The van der Waals surface area contributed by atoms with Crippen molar-refractivity contribution in [2.45, 2.75) is 38.6 Å². The average molecular weight is 266 g/mol. The van der Waals surface area contributed by atoms with Crippen molar-refractivity contribution in [3.8, 4) is 0 Å². The van der Waals surface area contributed by atoms with Crippen LogP contribution >= 0.6 is 11.3 Å². The van der Waals surface area contributed by atoms with Gasteiger partial charge in [0.1, 0.15) is 0 Å². The van der Waals surface area contributed by atoms with Crippen molar-refractivity contribution in [1.82, 2.24) is 10.6 Å². The summed E-state index contributed by atoms with van der Waals surface area (Å²) in [5.74, 6) is 0.864. The van der Waals surface area contributed by atoms with Gasteiger partial charge >= 0.3 is 0 Å². The highest BCUT2D eigenvalue weighted by molar-refractivity contribution is 7.10. The third-order valence-electron chi connectivity index (χ3n) is 3.53. The zero-order valence-electron chi connectivity index (χ0n) is 10.9. The molecule has 0 saturated carbocycles. The summed E-state index contributed by atoms with van der Waals surface area (Å²) in [6, 6.07) is 4.23. The number of thiophene rings is 1. The SMILES string of the molecule is CC(NC(=O)CCC1CCCNC1)c1cccs1. The van der Waals surface area contributed by atoms with Crippen LogP contribution in [0.1, 0.15) is 43.5 Å². The lowest BCUT2D eigenvalue weighted by atomic mass is 9.94. The first-order valence-electron chi connectivity index (χ1n) is 6.79. The summed E-state index contributed by atoms with van der Waals surface area (Å²) >= 11 is 1.69. The monoisotopic (exact) mass is 266 g/mol. The van der Waals surface area contributed by atoms with Crippen molar-refractivity contribution in [3.05, 3.63) is 22.4 Å². The molecule has 3 nitrogen and oxygen atoms in total. The van der Waals surface area contributed by atoms with E-state index in [0.29, 0.717) is 12.3 Å². The minimum atomic E-state index is 0.141. The van der Waals surface area contributed by atoms with E-state index in [0.717, 1.165) is 19.5 Å². The van der Waals surface area contributed by atoms with Crippen LogP contribution in [0.3, 0.4) is 0 Å². The number of amides is 1. The summed E-state index contributed by atoms with van der Waals surface area (Å²) < 4.78 is 0. The molecule has 0 radical (unpaired) electrons. The van der Waals surface area contributed by atoms with E-state index in [1.807, 2.05) is 18.4 Å². The van der Waals surface area contributed by atoms with E-state index in [2.05, 4.69) is 16.7 Å². The molecular formula is C14H22N2OS. The first kappa shape index (κ1) is 13.6. The summed E-state index contributed by atoms with van der Waals surface area (Å²) in [5, 5.41) is 8.51. The second-order valence-corrected chi connectivity index (χ2v) is 6.03. The Balaban J connectivity index is 1.68. The number of rotatable bonds is 5. The lowest BCUT2D eigenvalue weighted by Crippen LogP contribution is -2.31. The molecular weight excluding hydrogens is 244 g/mol. The number of carbonyl (C=O) groups excluding carboxylic acids is 1. The molecule has 0 bridgehead atoms. The Morgan fingerprint density at radius 3 is 3.22 bits per heavy atom. The Morgan fingerprint density at radius 2 is 2.56 bits per heavy atom. The Morgan fingerprint density at radius 1 is 1.67 bits per heavy atom. The van der Waals surface area contributed by atoms with Crippen LogP contribution in [0.5, 0.6) is 0 Å². The maximum atomic E-state index is 11.9. The van der Waals surface area contributed by atoms with Gasteiger partial charge in [-0.25, -0.2) is 0 Å². The van der Waals surface area contributed by atoms with Crippen LogP contribution in [0.15, 0.2) is 17.5 Å². The van der Waals surface area contributed by atoms with Crippen LogP contribution < -0.4 is 10.6 Å². The van der Waals surface area contributed by atoms with Gasteiger partial charge in [-0.15, -0.1) is 11.3 Å². The molecule has 1 aliphatic rings. The predicted octanol–water partition coefficient (Wildman–Crippen LogP) is 2.71. The Kier molecular flexibility index (Phi) is 5.20. The van der Waals surface area contributed by atoms with Crippen molar-refractivity contribution in [3.63, 3.8) is 0 Å². The van der Waals surface area contributed by atoms with Crippen LogP contribution in [-0.4, -0.2) is 19.0 Å². The second-order valence-electron chi connectivity index (χ2n) is 5.06. The molecule has 1 aliphatic heterocycles. The van der Waals surface area contributed by atoms with Gasteiger partial charge in [0.2, 0.25) is 5.91 Å². The van der Waals surface area contributed by atoms with Crippen LogP contribution in [-0.2, 0) is 4.79 Å². The number of piperidine rings is 1. The van der Waals surface area contributed by atoms with Gasteiger partial charge in [-0.05, 0) is 56.6 Å². The molecule has 1 aromatic rings. The van der Waals surface area contributed by atoms with Crippen LogP contribution in [0, 0.1) is 5.92 Å². The molecule has 2 atom stereocenters. The van der Waals surface area contributed by atoms with Crippen molar-refractivity contribution in [1.29, 1.82) is 0 Å². The first-order valence-corrected chi connectivity index (χ1v) is 7.67. The molecule has 1 amide bonds. The fourth-order valence-corrected chi connectivity index (χ4v) is 3.16. The predicted molar refractivity (Wildman–Crippen MR) is 75.7 cm³/mol. The fraction of sp³-hybridized carbons (Fsp3) is 0.643. The normalized spacial score (nSPS) is 21.5. The Hall–Kier alpha value is -0.870. The summed E-state index contributed by atoms with van der Waals surface area (Å²) in [4.78, 5) is 13.1. The lowest BCUT2D eigenvalue weighted by molar-refractivity contribution is -0.122. The van der Waals surface area contributed by atoms with E-state index in [-0.39, 0.29) is 11.9 Å². The third kappa shape index (κ3) is 4.10. The summed E-state index contributed by atoms with van der Waals surface area (Å²) in [6.45, 7) is 4.26. The van der Waals surface area contributed by atoms with Gasteiger partial charge in [0.05, 0.1) is 6.04 Å². The molecule has 2 heterocycles. The van der Waals surface area contributed by atoms with Gasteiger partial charge in [0.25, 0.3) is 0 Å². The van der Waals surface area contributed by atoms with Crippen molar-refractivity contribution >= 4 is 17.2 Å². The molecule has 18 heavy (non-hydrogen) atoms. The molecule has 0 spiro atoms. The van der Waals surface area contributed by atoms with E-state index in [1.54, 1.807) is 11.3 Å². The molecule has 1 aromatic heterocycles. The molecule has 0 aliphatic carbocycles. The minimum Gasteiger partial charge on any atom is -0.349 e. The fourth-order valence-electron chi connectivity index (χ4n) is 2.43. The number of carbonyl (C=O) groups is 1. The van der Waals surface area contributed by atoms with Gasteiger partial charge in [0.15, 0.2) is 0 Å². The van der Waals surface area contributed by atoms with E-state index in [4.69, 9.17) is 0 Å². The largest absolute Gasteiger partial charge is 0.349 e. The van der Waals surface area contributed by atoms with Gasteiger partial charge in [-0.1, -0.05) is 6.07 Å². The zero-order chi connectivity index (χ0) is 12.8. The standard InChI is InChI=1S/C14H22N2OS/c1-11(13-5-3-9-18-13)16-14(17)7-6-12-4-2-8-15-10-12/h3,5,9,11-12,15H,2,4,6-8,10H2,1H3,(H,16,17). The average Bonchev–Trinajstić information content (AvgIpc) is 2.91. The lowest BCUT2D eigenvalue weighted by Gasteiger charge is -2.22. The van der Waals surface area contributed by atoms with Gasteiger partial charge in [0, 0.05) is 11.3 Å². The third-order valence-corrected chi connectivity index (χ3v) is 4.58. The topological polar surface area (TPSA) is 41.1 Å². The Bertz CT molecular complexity index is 358. The smallest absolute Gasteiger partial charge is 0.220 e. The van der Waals surface area contributed by atoms with Gasteiger partial charge < -0.3 is 10.6 Å². The van der Waals surface area contributed by atoms with E-state index >= 15 is 0 Å². The molecule has 2 unspecified atom stereocenters. The maximum absolute atomic E-state index is 11.9. The van der Waals surface area contributed by atoms with Crippen molar-refractivity contribution in [2.24, 2.45) is 5.92 Å². The first-order chi connectivity index (χ1) is 8.75. The van der Waals surface area contributed by atoms with E-state index in [9.17, 15) is 4.79 Å². The van der Waals surface area contributed by atoms with Crippen molar-refractivity contribution < 1.29 is 4.79 Å². The number of hydrogen-bond donors (Lipinski definition) is 2. The highest BCUT2D eigenvalue weighted by atomic mass is 32.1. The van der Waals surface area contributed by atoms with Crippen LogP contribution in [0.4, 0.5) is 0 Å². The molecule has 1 saturated heterocycles. The summed E-state index contributed by atoms with van der Waals surface area (Å²) in [5.41, 5.74) is 0. The minimum absolute atomic E-state index is 0.141. The van der Waals surface area contributed by atoms with E-state index < -0.39 is 0 Å².